The van der Waals surface area contributed by atoms with E-state index in [-0.39, 0.29) is 0 Å². The van der Waals surface area contributed by atoms with Crippen molar-refractivity contribution < 1.29 is 0 Å². The third kappa shape index (κ3) is 4.01. The first kappa shape index (κ1) is 24.1. The van der Waals surface area contributed by atoms with Gasteiger partial charge in [0.1, 0.15) is 0 Å². The summed E-state index contributed by atoms with van der Waals surface area (Å²) in [6.45, 7) is 0. The van der Waals surface area contributed by atoms with E-state index in [9.17, 15) is 0 Å². The van der Waals surface area contributed by atoms with Crippen LogP contribution < -0.4 is 4.90 Å². The molecule has 0 aliphatic rings. The van der Waals surface area contributed by atoms with E-state index in [1.165, 1.54) is 16.3 Å². The Morgan fingerprint density at radius 2 is 0.976 bits per heavy atom. The molecular formula is C38H26N4. The van der Waals surface area contributed by atoms with Crippen molar-refractivity contribution in [3.63, 3.8) is 0 Å². The molecule has 6 aromatic carbocycles. The van der Waals surface area contributed by atoms with Crippen LogP contribution in [0.1, 0.15) is 0 Å². The van der Waals surface area contributed by atoms with Gasteiger partial charge in [0.25, 0.3) is 0 Å². The fourth-order valence-corrected chi connectivity index (χ4v) is 5.91. The van der Waals surface area contributed by atoms with Gasteiger partial charge in [-0.2, -0.15) is 0 Å². The summed E-state index contributed by atoms with van der Waals surface area (Å²) in [5.41, 5.74) is 8.59. The van der Waals surface area contributed by atoms with Crippen LogP contribution in [-0.2, 0) is 0 Å². The average molecular weight is 539 g/mol. The van der Waals surface area contributed by atoms with Crippen molar-refractivity contribution in [3.8, 4) is 22.5 Å². The standard InChI is InChI=1S/C38H26N4/c1-4-12-27(13-5-1)29-22-25-33-34-18-10-11-19-36(34)42-37(39-40-38(42)35(33)26-29)28-20-23-32(24-21-28)41(30-14-6-2-7-15-30)31-16-8-3-9-17-31/h1-26H. The summed E-state index contributed by atoms with van der Waals surface area (Å²) < 4.78 is 2.20. The van der Waals surface area contributed by atoms with E-state index in [0.717, 1.165) is 50.6 Å². The molecular weight excluding hydrogens is 512 g/mol. The molecule has 0 N–H and O–H groups in total. The Balaban J connectivity index is 1.29. The Hall–Kier alpha value is -5.74. The molecule has 2 aromatic heterocycles. The molecule has 198 valence electrons. The molecule has 0 aliphatic heterocycles. The van der Waals surface area contributed by atoms with Gasteiger partial charge >= 0.3 is 0 Å². The lowest BCUT2D eigenvalue weighted by atomic mass is 9.99. The predicted octanol–water partition coefficient (Wildman–Crippen LogP) is 9.84. The lowest BCUT2D eigenvalue weighted by molar-refractivity contribution is 1.12. The van der Waals surface area contributed by atoms with Gasteiger partial charge < -0.3 is 4.90 Å². The van der Waals surface area contributed by atoms with Crippen LogP contribution in [0.25, 0.3) is 49.8 Å². The van der Waals surface area contributed by atoms with E-state index in [4.69, 9.17) is 10.2 Å². The Morgan fingerprint density at radius 1 is 0.405 bits per heavy atom. The van der Waals surface area contributed by atoms with Gasteiger partial charge in [0, 0.05) is 33.4 Å². The number of para-hydroxylation sites is 3. The average Bonchev–Trinajstić information content (AvgIpc) is 3.52. The predicted molar refractivity (Wildman–Crippen MR) is 174 cm³/mol. The first-order valence-corrected chi connectivity index (χ1v) is 14.1. The summed E-state index contributed by atoms with van der Waals surface area (Å²) >= 11 is 0. The van der Waals surface area contributed by atoms with Crippen LogP contribution in [0.2, 0.25) is 0 Å². The minimum absolute atomic E-state index is 0.825. The molecule has 8 aromatic rings. The van der Waals surface area contributed by atoms with Crippen molar-refractivity contribution in [1.29, 1.82) is 0 Å². The van der Waals surface area contributed by atoms with Gasteiger partial charge in [0.15, 0.2) is 11.5 Å². The molecule has 42 heavy (non-hydrogen) atoms. The SMILES string of the molecule is c1ccc(-c2ccc3c4ccccc4n4c(-c5ccc(N(c6ccccc6)c6ccccc6)cc5)nnc4c3c2)cc1. The zero-order chi connectivity index (χ0) is 27.9. The van der Waals surface area contributed by atoms with E-state index < -0.39 is 0 Å². The highest BCUT2D eigenvalue weighted by atomic mass is 15.2. The monoisotopic (exact) mass is 538 g/mol. The van der Waals surface area contributed by atoms with Gasteiger partial charge in [-0.15, -0.1) is 10.2 Å². The van der Waals surface area contributed by atoms with E-state index in [2.05, 4.69) is 149 Å². The lowest BCUT2D eigenvalue weighted by Gasteiger charge is -2.25. The molecule has 0 fully saturated rings. The summed E-state index contributed by atoms with van der Waals surface area (Å²) in [5.74, 6) is 0.825. The maximum Gasteiger partial charge on any atom is 0.169 e. The number of hydrogen-bond acceptors (Lipinski definition) is 3. The third-order valence-corrected chi connectivity index (χ3v) is 7.88. The van der Waals surface area contributed by atoms with Crippen molar-refractivity contribution in [1.82, 2.24) is 14.6 Å². The van der Waals surface area contributed by atoms with Crippen LogP contribution in [0.15, 0.2) is 158 Å². The van der Waals surface area contributed by atoms with Crippen LogP contribution in [0.3, 0.4) is 0 Å². The highest BCUT2D eigenvalue weighted by Crippen LogP contribution is 2.37. The minimum Gasteiger partial charge on any atom is -0.311 e. The Kier molecular flexibility index (Phi) is 5.75. The molecule has 0 bridgehead atoms. The van der Waals surface area contributed by atoms with Crippen molar-refractivity contribution in [3.05, 3.63) is 158 Å². The van der Waals surface area contributed by atoms with Crippen LogP contribution in [0.5, 0.6) is 0 Å². The maximum atomic E-state index is 4.76. The van der Waals surface area contributed by atoms with Crippen LogP contribution in [0, 0.1) is 0 Å². The summed E-state index contributed by atoms with van der Waals surface area (Å²) in [5, 5.41) is 13.0. The van der Waals surface area contributed by atoms with Crippen molar-refractivity contribution in [2.24, 2.45) is 0 Å². The van der Waals surface area contributed by atoms with Gasteiger partial charge in [0.2, 0.25) is 0 Å². The summed E-state index contributed by atoms with van der Waals surface area (Å²) in [7, 11) is 0. The van der Waals surface area contributed by atoms with E-state index in [1.807, 2.05) is 18.2 Å². The molecule has 8 rings (SSSR count). The van der Waals surface area contributed by atoms with Gasteiger partial charge in [0.05, 0.1) is 5.52 Å². The van der Waals surface area contributed by atoms with E-state index in [1.54, 1.807) is 0 Å². The fourth-order valence-electron chi connectivity index (χ4n) is 5.91. The highest BCUT2D eigenvalue weighted by molar-refractivity contribution is 6.13. The van der Waals surface area contributed by atoms with Gasteiger partial charge in [-0.25, -0.2) is 0 Å². The smallest absolute Gasteiger partial charge is 0.169 e. The quantitative estimate of drug-likeness (QED) is 0.205. The van der Waals surface area contributed by atoms with Gasteiger partial charge in [-0.3, -0.25) is 4.40 Å². The fraction of sp³-hybridized carbons (Fsp3) is 0. The van der Waals surface area contributed by atoms with Crippen LogP contribution in [-0.4, -0.2) is 14.6 Å². The van der Waals surface area contributed by atoms with Crippen molar-refractivity contribution in [2.45, 2.75) is 0 Å². The zero-order valence-electron chi connectivity index (χ0n) is 22.8. The number of benzene rings is 6. The molecule has 0 radical (unpaired) electrons. The molecule has 0 aliphatic carbocycles. The number of aromatic nitrogens is 3. The molecule has 4 nitrogen and oxygen atoms in total. The molecule has 2 heterocycles. The molecule has 0 saturated carbocycles. The maximum absolute atomic E-state index is 4.76. The number of fused-ring (bicyclic) bond motifs is 6. The Bertz CT molecular complexity index is 2130. The largest absolute Gasteiger partial charge is 0.311 e. The van der Waals surface area contributed by atoms with Crippen molar-refractivity contribution >= 4 is 44.4 Å². The number of hydrogen-bond donors (Lipinski definition) is 0. The number of anilines is 3. The Labute approximate surface area is 243 Å². The molecule has 4 heteroatoms. The molecule has 0 saturated heterocycles. The first-order chi connectivity index (χ1) is 20.8. The van der Waals surface area contributed by atoms with Crippen LogP contribution in [0.4, 0.5) is 17.1 Å². The highest BCUT2D eigenvalue weighted by Gasteiger charge is 2.18. The molecule has 0 spiro atoms. The summed E-state index contributed by atoms with van der Waals surface area (Å²) in [4.78, 5) is 2.26. The molecule has 0 unspecified atom stereocenters. The molecule has 0 amide bonds. The van der Waals surface area contributed by atoms with Gasteiger partial charge in [-0.05, 0) is 77.2 Å². The van der Waals surface area contributed by atoms with Crippen molar-refractivity contribution in [2.75, 3.05) is 4.90 Å². The van der Waals surface area contributed by atoms with Gasteiger partial charge in [-0.1, -0.05) is 97.1 Å². The first-order valence-electron chi connectivity index (χ1n) is 14.1. The second-order valence-corrected chi connectivity index (χ2v) is 10.4. The minimum atomic E-state index is 0.825. The Morgan fingerprint density at radius 3 is 1.67 bits per heavy atom. The summed E-state index contributed by atoms with van der Waals surface area (Å²) in [6.07, 6.45) is 0. The summed E-state index contributed by atoms with van der Waals surface area (Å²) in [6, 6.07) is 55.2. The normalized spacial score (nSPS) is 11.3. The van der Waals surface area contributed by atoms with E-state index >= 15 is 0 Å². The molecule has 0 atom stereocenters. The van der Waals surface area contributed by atoms with E-state index in [0.29, 0.717) is 0 Å². The number of rotatable bonds is 5. The third-order valence-electron chi connectivity index (χ3n) is 7.88. The second-order valence-electron chi connectivity index (χ2n) is 10.4. The number of nitrogens with zero attached hydrogens (tertiary/aromatic N) is 4. The second kappa shape index (κ2) is 10.0. The number of pyridine rings is 1. The lowest BCUT2D eigenvalue weighted by Crippen LogP contribution is -2.09. The topological polar surface area (TPSA) is 33.4 Å². The zero-order valence-corrected chi connectivity index (χ0v) is 22.8. The van der Waals surface area contributed by atoms with Crippen LogP contribution >= 0.6 is 0 Å².